The molecule has 3 rings (SSSR count). The molecular weight excluding hydrogens is 276 g/mol. The first-order valence-electron chi connectivity index (χ1n) is 8.30. The molecular formula is C17H26N4O. The van der Waals surface area contributed by atoms with Crippen molar-refractivity contribution in [1.82, 2.24) is 19.8 Å². The van der Waals surface area contributed by atoms with Crippen LogP contribution in [-0.4, -0.2) is 58.9 Å². The zero-order chi connectivity index (χ0) is 15.7. The first kappa shape index (κ1) is 15.4. The van der Waals surface area contributed by atoms with Crippen molar-refractivity contribution in [2.24, 2.45) is 5.41 Å². The monoisotopic (exact) mass is 302 g/mol. The molecule has 0 N–H and O–H groups in total. The Labute approximate surface area is 132 Å². The largest absolute Gasteiger partial charge is 0.337 e. The topological polar surface area (TPSA) is 49.3 Å². The normalized spacial score (nSPS) is 26.1. The smallest absolute Gasteiger partial charge is 0.272 e. The molecule has 0 bridgehead atoms. The van der Waals surface area contributed by atoms with Crippen LogP contribution in [0.5, 0.6) is 0 Å². The number of hydrogen-bond donors (Lipinski definition) is 0. The van der Waals surface area contributed by atoms with Crippen LogP contribution in [0.4, 0.5) is 0 Å². The maximum Gasteiger partial charge on any atom is 0.272 e. The van der Waals surface area contributed by atoms with Gasteiger partial charge in [0.2, 0.25) is 0 Å². The molecule has 0 aromatic carbocycles. The third-order valence-corrected chi connectivity index (χ3v) is 4.99. The lowest BCUT2D eigenvalue weighted by Crippen LogP contribution is -2.47. The molecule has 1 amide bonds. The molecule has 1 aromatic rings. The summed E-state index contributed by atoms with van der Waals surface area (Å²) >= 11 is 0. The summed E-state index contributed by atoms with van der Waals surface area (Å²) in [4.78, 5) is 25.9. The van der Waals surface area contributed by atoms with E-state index in [0.717, 1.165) is 38.4 Å². The van der Waals surface area contributed by atoms with Crippen LogP contribution in [0, 0.1) is 5.41 Å². The van der Waals surface area contributed by atoms with Gasteiger partial charge in [0, 0.05) is 37.2 Å². The summed E-state index contributed by atoms with van der Waals surface area (Å²) in [7, 11) is 2.18. The van der Waals surface area contributed by atoms with Crippen LogP contribution in [0.15, 0.2) is 12.3 Å². The predicted octanol–water partition coefficient (Wildman–Crippen LogP) is 2.16. The van der Waals surface area contributed by atoms with E-state index in [0.29, 0.717) is 11.1 Å². The highest BCUT2D eigenvalue weighted by Gasteiger charge is 2.41. The quantitative estimate of drug-likeness (QED) is 0.840. The Kier molecular flexibility index (Phi) is 4.17. The maximum absolute atomic E-state index is 12.8. The lowest BCUT2D eigenvalue weighted by atomic mass is 9.79. The fourth-order valence-electron chi connectivity index (χ4n) is 3.81. The van der Waals surface area contributed by atoms with Crippen LogP contribution in [0.25, 0.3) is 0 Å². The van der Waals surface area contributed by atoms with E-state index in [1.54, 1.807) is 12.3 Å². The van der Waals surface area contributed by atoms with Crippen molar-refractivity contribution in [1.29, 1.82) is 0 Å². The van der Waals surface area contributed by atoms with Crippen LogP contribution >= 0.6 is 0 Å². The number of carbonyl (C=O) groups excluding carboxylic acids is 1. The summed E-state index contributed by atoms with van der Waals surface area (Å²) in [5.41, 5.74) is 0.846. The summed E-state index contributed by atoms with van der Waals surface area (Å²) in [6.45, 7) is 8.08. The standard InChI is InChI=1S/C17H26N4O/c1-13(2)15-18-8-5-14(19-15)16(22)21-9-4-6-17(12-21)7-10-20(3)11-17/h5,8,13H,4,6-7,9-12H2,1-3H3/t17-/m1/s1. The minimum absolute atomic E-state index is 0.0675. The van der Waals surface area contributed by atoms with E-state index in [1.165, 1.54) is 12.8 Å². The zero-order valence-corrected chi connectivity index (χ0v) is 13.9. The summed E-state index contributed by atoms with van der Waals surface area (Å²) in [5, 5.41) is 0. The molecule has 5 heteroatoms. The molecule has 3 heterocycles. The molecule has 1 aromatic heterocycles. The van der Waals surface area contributed by atoms with Crippen molar-refractivity contribution >= 4 is 5.91 Å². The van der Waals surface area contributed by atoms with Crippen molar-refractivity contribution in [2.45, 2.75) is 39.0 Å². The van der Waals surface area contributed by atoms with Crippen molar-refractivity contribution in [3.05, 3.63) is 23.8 Å². The van der Waals surface area contributed by atoms with Crippen LogP contribution in [0.1, 0.15) is 55.3 Å². The van der Waals surface area contributed by atoms with Gasteiger partial charge in [-0.1, -0.05) is 13.8 Å². The van der Waals surface area contributed by atoms with Gasteiger partial charge in [-0.3, -0.25) is 4.79 Å². The third-order valence-electron chi connectivity index (χ3n) is 4.99. The van der Waals surface area contributed by atoms with Gasteiger partial charge in [-0.05, 0) is 38.9 Å². The molecule has 22 heavy (non-hydrogen) atoms. The number of rotatable bonds is 2. The summed E-state index contributed by atoms with van der Waals surface area (Å²) < 4.78 is 0. The number of hydrogen-bond acceptors (Lipinski definition) is 4. The zero-order valence-electron chi connectivity index (χ0n) is 13.9. The number of carbonyl (C=O) groups is 1. The lowest BCUT2D eigenvalue weighted by Gasteiger charge is -2.40. The van der Waals surface area contributed by atoms with Gasteiger partial charge in [-0.2, -0.15) is 0 Å². The summed E-state index contributed by atoms with van der Waals surface area (Å²) in [5.74, 6) is 1.06. The Bertz CT molecular complexity index is 555. The van der Waals surface area contributed by atoms with Crippen LogP contribution in [-0.2, 0) is 0 Å². The van der Waals surface area contributed by atoms with E-state index in [1.807, 2.05) is 18.7 Å². The molecule has 0 unspecified atom stereocenters. The third kappa shape index (κ3) is 3.00. The number of piperidine rings is 1. The van der Waals surface area contributed by atoms with Gasteiger partial charge in [-0.25, -0.2) is 9.97 Å². The van der Waals surface area contributed by atoms with Crippen molar-refractivity contribution in [3.63, 3.8) is 0 Å². The molecule has 0 saturated carbocycles. The first-order chi connectivity index (χ1) is 10.5. The molecule has 0 aliphatic carbocycles. The van der Waals surface area contributed by atoms with Gasteiger partial charge in [0.05, 0.1) is 0 Å². The minimum atomic E-state index is 0.0675. The van der Waals surface area contributed by atoms with Gasteiger partial charge in [0.15, 0.2) is 0 Å². The van der Waals surface area contributed by atoms with Gasteiger partial charge >= 0.3 is 0 Å². The van der Waals surface area contributed by atoms with E-state index in [2.05, 4.69) is 21.9 Å². The number of aromatic nitrogens is 2. The average Bonchev–Trinajstić information content (AvgIpc) is 2.87. The second-order valence-electron chi connectivity index (χ2n) is 7.27. The molecule has 2 aliphatic rings. The number of amides is 1. The lowest BCUT2D eigenvalue weighted by molar-refractivity contribution is 0.0528. The summed E-state index contributed by atoms with van der Waals surface area (Å²) in [6, 6.07) is 1.75. The second kappa shape index (κ2) is 5.95. The van der Waals surface area contributed by atoms with Crippen molar-refractivity contribution < 1.29 is 4.79 Å². The Balaban J connectivity index is 1.76. The van der Waals surface area contributed by atoms with Gasteiger partial charge < -0.3 is 9.80 Å². The molecule has 2 saturated heterocycles. The van der Waals surface area contributed by atoms with Crippen LogP contribution < -0.4 is 0 Å². The highest BCUT2D eigenvalue weighted by Crippen LogP contribution is 2.38. The van der Waals surface area contributed by atoms with E-state index in [9.17, 15) is 4.79 Å². The Hall–Kier alpha value is -1.49. The van der Waals surface area contributed by atoms with Crippen LogP contribution in [0.3, 0.4) is 0 Å². The van der Waals surface area contributed by atoms with E-state index >= 15 is 0 Å². The maximum atomic E-state index is 12.8. The molecule has 0 radical (unpaired) electrons. The first-order valence-corrected chi connectivity index (χ1v) is 8.30. The second-order valence-corrected chi connectivity index (χ2v) is 7.27. The van der Waals surface area contributed by atoms with Crippen LogP contribution in [0.2, 0.25) is 0 Å². The SMILES string of the molecule is CC(C)c1nccc(C(=O)N2CCC[C@]3(CCN(C)C3)C2)n1. The van der Waals surface area contributed by atoms with Gasteiger partial charge in [0.25, 0.3) is 5.91 Å². The molecule has 1 spiro atoms. The fraction of sp³-hybridized carbons (Fsp3) is 0.706. The molecule has 5 nitrogen and oxygen atoms in total. The van der Waals surface area contributed by atoms with E-state index in [-0.39, 0.29) is 11.8 Å². The molecule has 2 aliphatic heterocycles. The molecule has 2 fully saturated rings. The minimum Gasteiger partial charge on any atom is -0.337 e. The molecule has 120 valence electrons. The Morgan fingerprint density at radius 3 is 2.77 bits per heavy atom. The Morgan fingerprint density at radius 2 is 2.09 bits per heavy atom. The highest BCUT2D eigenvalue weighted by atomic mass is 16.2. The highest BCUT2D eigenvalue weighted by molar-refractivity contribution is 5.92. The summed E-state index contributed by atoms with van der Waals surface area (Å²) in [6.07, 6.45) is 5.25. The Morgan fingerprint density at radius 1 is 1.27 bits per heavy atom. The van der Waals surface area contributed by atoms with E-state index < -0.39 is 0 Å². The average molecular weight is 302 g/mol. The molecule has 1 atom stereocenters. The van der Waals surface area contributed by atoms with Crippen molar-refractivity contribution in [3.8, 4) is 0 Å². The van der Waals surface area contributed by atoms with Crippen molar-refractivity contribution in [2.75, 3.05) is 33.2 Å². The van der Waals surface area contributed by atoms with Gasteiger partial charge in [-0.15, -0.1) is 0 Å². The predicted molar refractivity (Wildman–Crippen MR) is 85.8 cm³/mol. The number of likely N-dealkylation sites (tertiary alicyclic amines) is 2. The van der Waals surface area contributed by atoms with Gasteiger partial charge in [0.1, 0.15) is 11.5 Å². The number of nitrogens with zero attached hydrogens (tertiary/aromatic N) is 4. The fourth-order valence-corrected chi connectivity index (χ4v) is 3.81. The van der Waals surface area contributed by atoms with E-state index in [4.69, 9.17) is 0 Å².